The Morgan fingerprint density at radius 3 is 2.72 bits per heavy atom. The van der Waals surface area contributed by atoms with E-state index in [9.17, 15) is 0 Å². The molecule has 1 atom stereocenters. The molecule has 2 aromatic rings. The number of ether oxygens (including phenoxy) is 1. The quantitative estimate of drug-likeness (QED) is 0.646. The molecule has 5 heteroatoms. The van der Waals surface area contributed by atoms with Gasteiger partial charge in [-0.1, -0.05) is 19.6 Å². The number of aromatic amines is 1. The van der Waals surface area contributed by atoms with Gasteiger partial charge in [-0.2, -0.15) is 0 Å². The van der Waals surface area contributed by atoms with E-state index < -0.39 is 8.07 Å². The zero-order valence-electron chi connectivity index (χ0n) is 11.2. The van der Waals surface area contributed by atoms with Crippen molar-refractivity contribution in [3.8, 4) is 0 Å². The van der Waals surface area contributed by atoms with E-state index in [0.717, 1.165) is 23.5 Å². The lowest BCUT2D eigenvalue weighted by Crippen LogP contribution is -2.33. The van der Waals surface area contributed by atoms with Crippen LogP contribution < -0.4 is 0 Å². The number of hydrogen-bond acceptors (Lipinski definition) is 2. The number of nitrogens with one attached hydrogen (secondary N) is 1. The van der Waals surface area contributed by atoms with Gasteiger partial charge in [0.2, 0.25) is 0 Å². The minimum absolute atomic E-state index is 0.132. The Labute approximate surface area is 122 Å². The summed E-state index contributed by atoms with van der Waals surface area (Å²) in [5, 5.41) is 0. The number of benzene rings is 1. The third kappa shape index (κ3) is 2.94. The Bertz CT molecular complexity index is 547. The zero-order chi connectivity index (χ0) is 13.3. The van der Waals surface area contributed by atoms with E-state index >= 15 is 0 Å². The van der Waals surface area contributed by atoms with E-state index in [-0.39, 0.29) is 5.73 Å². The number of aromatic nitrogens is 2. The maximum atomic E-state index is 5.92. The number of nitrogens with zero attached hydrogens (tertiary/aromatic N) is 1. The van der Waals surface area contributed by atoms with Crippen LogP contribution in [0.4, 0.5) is 0 Å². The second kappa shape index (κ2) is 5.30. The average molecular weight is 374 g/mol. The van der Waals surface area contributed by atoms with Gasteiger partial charge in [0.15, 0.2) is 0 Å². The van der Waals surface area contributed by atoms with Crippen LogP contribution in [0.3, 0.4) is 0 Å². The fourth-order valence-electron chi connectivity index (χ4n) is 2.03. The monoisotopic (exact) mass is 374 g/mol. The number of rotatable bonds is 4. The van der Waals surface area contributed by atoms with Crippen molar-refractivity contribution in [3.05, 3.63) is 27.6 Å². The first kappa shape index (κ1) is 14.0. The molecule has 0 aliphatic heterocycles. The lowest BCUT2D eigenvalue weighted by molar-refractivity contribution is 0.107. The molecule has 0 saturated carbocycles. The first-order valence-corrected chi connectivity index (χ1v) is 10.8. The van der Waals surface area contributed by atoms with Gasteiger partial charge in [0.25, 0.3) is 0 Å². The smallest absolute Gasteiger partial charge is 0.133 e. The molecule has 1 N–H and O–H groups in total. The molecule has 1 aromatic heterocycles. The lowest BCUT2D eigenvalue weighted by Gasteiger charge is -2.26. The fraction of sp³-hybridized carbons (Fsp3) is 0.462. The third-order valence-electron chi connectivity index (χ3n) is 2.83. The van der Waals surface area contributed by atoms with Crippen LogP contribution in [0.1, 0.15) is 18.5 Å². The molecule has 0 radical (unpaired) electrons. The molecule has 0 saturated heterocycles. The maximum absolute atomic E-state index is 5.92. The van der Waals surface area contributed by atoms with Crippen LogP contribution in [0.25, 0.3) is 11.0 Å². The summed E-state index contributed by atoms with van der Waals surface area (Å²) in [7, 11) is -1.44. The fourth-order valence-corrected chi connectivity index (χ4v) is 4.15. The van der Waals surface area contributed by atoms with Crippen molar-refractivity contribution in [2.24, 2.45) is 0 Å². The highest BCUT2D eigenvalue weighted by Gasteiger charge is 2.31. The molecule has 18 heavy (non-hydrogen) atoms. The van der Waals surface area contributed by atoms with Gasteiger partial charge in [0.1, 0.15) is 11.6 Å². The van der Waals surface area contributed by atoms with Gasteiger partial charge in [-0.25, -0.2) is 4.98 Å². The highest BCUT2D eigenvalue weighted by molar-refractivity contribution is 14.1. The molecule has 0 amide bonds. The van der Waals surface area contributed by atoms with Crippen LogP contribution in [0.5, 0.6) is 0 Å². The molecule has 0 fully saturated rings. The molecule has 0 aliphatic rings. The van der Waals surface area contributed by atoms with Crippen molar-refractivity contribution in [2.45, 2.75) is 32.3 Å². The van der Waals surface area contributed by atoms with Crippen molar-refractivity contribution >= 4 is 41.7 Å². The lowest BCUT2D eigenvalue weighted by atomic mass is 10.3. The summed E-state index contributed by atoms with van der Waals surface area (Å²) in [5.74, 6) is 0.980. The number of hydrogen-bond donors (Lipinski definition) is 1. The van der Waals surface area contributed by atoms with E-state index in [0.29, 0.717) is 0 Å². The maximum Gasteiger partial charge on any atom is 0.133 e. The van der Waals surface area contributed by atoms with Crippen LogP contribution in [-0.4, -0.2) is 24.6 Å². The highest BCUT2D eigenvalue weighted by Crippen LogP contribution is 2.28. The molecule has 98 valence electrons. The Morgan fingerprint density at radius 1 is 1.39 bits per heavy atom. The Kier molecular flexibility index (Phi) is 4.13. The van der Waals surface area contributed by atoms with Crippen LogP contribution in [0, 0.1) is 3.57 Å². The van der Waals surface area contributed by atoms with Crippen molar-refractivity contribution in [1.82, 2.24) is 9.97 Å². The van der Waals surface area contributed by atoms with Gasteiger partial charge in [0, 0.05) is 10.2 Å². The van der Waals surface area contributed by atoms with Crippen LogP contribution >= 0.6 is 22.6 Å². The van der Waals surface area contributed by atoms with Crippen LogP contribution in [-0.2, 0) is 4.74 Å². The zero-order valence-corrected chi connectivity index (χ0v) is 14.4. The molecular formula is C13H19IN2OSi. The molecule has 0 spiro atoms. The highest BCUT2D eigenvalue weighted by atomic mass is 127. The Balaban J connectivity index is 2.44. The number of fused-ring (bicyclic) bond motifs is 1. The summed E-state index contributed by atoms with van der Waals surface area (Å²) < 4.78 is 7.14. The van der Waals surface area contributed by atoms with E-state index in [1.54, 1.807) is 0 Å². The first-order valence-electron chi connectivity index (χ1n) is 6.18. The van der Waals surface area contributed by atoms with Crippen LogP contribution in [0.2, 0.25) is 19.6 Å². The second-order valence-corrected chi connectivity index (χ2v) is 12.0. The van der Waals surface area contributed by atoms with Crippen molar-refractivity contribution in [2.75, 3.05) is 6.61 Å². The molecule has 3 nitrogen and oxygen atoms in total. The molecule has 0 bridgehead atoms. The van der Waals surface area contributed by atoms with Gasteiger partial charge in [-0.15, -0.1) is 0 Å². The number of imidazole rings is 1. The Hall–Kier alpha value is -0.403. The second-order valence-electron chi connectivity index (χ2n) is 5.48. The average Bonchev–Trinajstić information content (AvgIpc) is 2.66. The molecule has 1 unspecified atom stereocenters. The first-order chi connectivity index (χ1) is 8.41. The van der Waals surface area contributed by atoms with Gasteiger partial charge in [-0.3, -0.25) is 0 Å². The normalized spacial score (nSPS) is 14.1. The molecular weight excluding hydrogens is 355 g/mol. The van der Waals surface area contributed by atoms with E-state index in [4.69, 9.17) is 9.72 Å². The van der Waals surface area contributed by atoms with Gasteiger partial charge in [-0.05, 0) is 47.7 Å². The van der Waals surface area contributed by atoms with Crippen molar-refractivity contribution < 1.29 is 4.74 Å². The summed E-state index contributed by atoms with van der Waals surface area (Å²) >= 11 is 2.32. The predicted molar refractivity (Wildman–Crippen MR) is 86.5 cm³/mol. The number of halogens is 1. The van der Waals surface area contributed by atoms with E-state index in [2.05, 4.69) is 65.4 Å². The Morgan fingerprint density at radius 2 is 2.11 bits per heavy atom. The minimum Gasteiger partial charge on any atom is -0.374 e. The van der Waals surface area contributed by atoms with E-state index in [1.807, 2.05) is 6.92 Å². The number of H-pyrrole nitrogens is 1. The van der Waals surface area contributed by atoms with Crippen molar-refractivity contribution in [1.29, 1.82) is 0 Å². The van der Waals surface area contributed by atoms with Gasteiger partial charge >= 0.3 is 0 Å². The molecule has 1 aromatic carbocycles. The third-order valence-corrected chi connectivity index (χ3v) is 5.51. The molecule has 2 rings (SSSR count). The summed E-state index contributed by atoms with van der Waals surface area (Å²) in [6, 6.07) is 6.27. The van der Waals surface area contributed by atoms with Gasteiger partial charge in [0.05, 0.1) is 19.1 Å². The SMILES string of the molecule is CCOC(c1nc2ccc(I)cc2[nH]1)[Si](C)(C)C. The molecule has 0 aliphatic carbocycles. The van der Waals surface area contributed by atoms with Crippen molar-refractivity contribution in [3.63, 3.8) is 0 Å². The van der Waals surface area contributed by atoms with Crippen LogP contribution in [0.15, 0.2) is 18.2 Å². The predicted octanol–water partition coefficient (Wildman–Crippen LogP) is 4.12. The minimum atomic E-state index is -1.44. The van der Waals surface area contributed by atoms with E-state index in [1.165, 1.54) is 3.57 Å². The summed E-state index contributed by atoms with van der Waals surface area (Å²) in [6.45, 7) is 9.70. The summed E-state index contributed by atoms with van der Waals surface area (Å²) in [6.07, 6.45) is 0. The largest absolute Gasteiger partial charge is 0.374 e. The topological polar surface area (TPSA) is 37.9 Å². The van der Waals surface area contributed by atoms with Gasteiger partial charge < -0.3 is 9.72 Å². The molecule has 1 heterocycles. The summed E-state index contributed by atoms with van der Waals surface area (Å²) in [4.78, 5) is 8.11. The summed E-state index contributed by atoms with van der Waals surface area (Å²) in [5.41, 5.74) is 2.25. The standard InChI is InChI=1S/C13H19IN2OSi/c1-5-17-13(18(2,3)4)12-15-10-7-6-9(14)8-11(10)16-12/h6-8,13H,5H2,1-4H3,(H,15,16).